The molecule has 4 atom stereocenters. The van der Waals surface area contributed by atoms with Crippen LogP contribution in [0.1, 0.15) is 178 Å². The number of aliphatic hydroxyl groups is 2. The number of hydrogen-bond acceptors (Lipinski definition) is 9. The molecule has 79 heavy (non-hydrogen) atoms. The third-order valence-electron chi connectivity index (χ3n) is 15.3. The highest BCUT2D eigenvalue weighted by atomic mass is 19.1. The first-order chi connectivity index (χ1) is 36.8. The van der Waals surface area contributed by atoms with Crippen LogP contribution in [0.15, 0.2) is 84.9 Å². The summed E-state index contributed by atoms with van der Waals surface area (Å²) in [7, 11) is 0. The molecule has 0 bridgehead atoms. The highest BCUT2D eigenvalue weighted by molar-refractivity contribution is 5.78. The van der Waals surface area contributed by atoms with Gasteiger partial charge in [0.1, 0.15) is 23.3 Å². The minimum Gasteiger partial charge on any atom is -0.481 e. The van der Waals surface area contributed by atoms with Crippen molar-refractivity contribution >= 4 is 23.7 Å². The molecule has 0 radical (unpaired) electrons. The third-order valence-corrected chi connectivity index (χ3v) is 15.3. The number of rotatable bonds is 24. The molecule has 2 saturated carbocycles. The average Bonchev–Trinajstić information content (AvgIpc) is 3.37. The molecule has 0 spiro atoms. The van der Waals surface area contributed by atoms with Gasteiger partial charge in [0.15, 0.2) is 0 Å². The summed E-state index contributed by atoms with van der Waals surface area (Å²) in [6.07, 6.45) is 8.58. The lowest BCUT2D eigenvalue weighted by molar-refractivity contribution is -0.137. The second-order valence-corrected chi connectivity index (χ2v) is 23.7. The largest absolute Gasteiger partial charge is 0.481 e. The summed E-state index contributed by atoms with van der Waals surface area (Å²) in [6, 6.07) is 21.9. The van der Waals surface area contributed by atoms with E-state index in [2.05, 4.69) is 111 Å². The Labute approximate surface area is 465 Å². The number of carboxylic acid groups (broad SMARTS) is 1. The number of halogens is 4. The normalized spacial score (nSPS) is 16.7. The van der Waals surface area contributed by atoms with Crippen LogP contribution < -0.4 is 33.2 Å². The molecule has 4 aromatic rings. The van der Waals surface area contributed by atoms with Gasteiger partial charge < -0.3 is 48.5 Å². The van der Waals surface area contributed by atoms with Crippen molar-refractivity contribution in [2.24, 2.45) is 5.73 Å². The van der Waals surface area contributed by atoms with Crippen LogP contribution in [0.2, 0.25) is 0 Å². The van der Waals surface area contributed by atoms with Crippen molar-refractivity contribution in [1.82, 2.24) is 27.4 Å². The lowest BCUT2D eigenvalue weighted by atomic mass is 9.74. The number of amides is 3. The molecule has 4 aromatic carbocycles. The Morgan fingerprint density at radius 1 is 0.544 bits per heavy atom. The quantitative estimate of drug-likeness (QED) is 0.0301. The molecule has 6 rings (SSSR count). The average molecular weight is 1110 g/mol. The molecular formula is C62H88F4N6O7. The number of aliphatic hydroxyl groups excluding tert-OH is 2. The van der Waals surface area contributed by atoms with E-state index in [9.17, 15) is 47.0 Å². The van der Waals surface area contributed by atoms with Crippen LogP contribution in [-0.4, -0.2) is 76.4 Å². The minimum absolute atomic E-state index is 0. The van der Waals surface area contributed by atoms with Crippen molar-refractivity contribution in [3.05, 3.63) is 142 Å². The van der Waals surface area contributed by atoms with Gasteiger partial charge in [-0.15, -0.1) is 0 Å². The summed E-state index contributed by atoms with van der Waals surface area (Å²) in [5, 5.41) is 44.3. The van der Waals surface area contributed by atoms with Crippen molar-refractivity contribution in [2.75, 3.05) is 13.1 Å². The number of carbonyl (C=O) groups excluding carboxylic acids is 3. The molecule has 2 aliphatic rings. The Kier molecular flexibility index (Phi) is 25.1. The Morgan fingerprint density at radius 2 is 0.899 bits per heavy atom. The van der Waals surface area contributed by atoms with E-state index in [0.29, 0.717) is 11.1 Å². The summed E-state index contributed by atoms with van der Waals surface area (Å²) in [6.45, 7) is 13.4. The topological polar surface area (TPSA) is 238 Å². The molecule has 2 fully saturated rings. The first-order valence-electron chi connectivity index (χ1n) is 27.8. The Bertz CT molecular complexity index is 2390. The van der Waals surface area contributed by atoms with Gasteiger partial charge in [-0.1, -0.05) is 129 Å². The van der Waals surface area contributed by atoms with E-state index in [1.54, 1.807) is 0 Å². The van der Waals surface area contributed by atoms with Crippen LogP contribution in [0.4, 0.5) is 17.6 Å². The standard InChI is InChI=1S/C31H43F2N3O3.C31H42F2N2O4.H3N/c1-30(2,3)22-9-7-10-23(18-22)31(13-5-4-6-14-31)35-20-27(37)26(36-29(39)12-8-11-28(34)38)17-21-15-24(32)19-25(33)16-21;1-30(2,3)22-9-7-10-23(18-22)31(13-5-4-6-14-31)34-20-27(36)26(35-28(37)11-8-12-29(38)39)17-21-15-24(32)19-25(33)16-21;/h7,9-10,15-16,18-19,26-27,35,37H,4-6,8,11-14,17,20H2,1-3H3,(H2,34,38)(H,36,39);7,9-10,15-16,18-19,26-27,34,36H,4-6,8,11-14,17,20H2,1-3H3,(H,35,37)(H,38,39);1H3/t2*26-,27+;/m00./s1. The Hall–Kier alpha value is -5.72. The number of aliphatic carboxylic acids is 1. The summed E-state index contributed by atoms with van der Waals surface area (Å²) < 4.78 is 55.5. The maximum atomic E-state index is 13.9. The van der Waals surface area contributed by atoms with Crippen molar-refractivity contribution in [1.29, 1.82) is 0 Å². The molecule has 0 aliphatic heterocycles. The van der Waals surface area contributed by atoms with E-state index in [4.69, 9.17) is 10.8 Å². The predicted octanol–water partition coefficient (Wildman–Crippen LogP) is 10.3. The summed E-state index contributed by atoms with van der Waals surface area (Å²) in [5.74, 6) is -5.16. The fourth-order valence-corrected chi connectivity index (χ4v) is 10.8. The van der Waals surface area contributed by atoms with Gasteiger partial charge in [-0.2, -0.15) is 0 Å². The van der Waals surface area contributed by atoms with E-state index >= 15 is 0 Å². The van der Waals surface area contributed by atoms with E-state index in [-0.39, 0.29) is 98.4 Å². The van der Waals surface area contributed by atoms with Gasteiger partial charge in [-0.3, -0.25) is 19.2 Å². The van der Waals surface area contributed by atoms with Gasteiger partial charge in [0.05, 0.1) is 24.3 Å². The number of nitrogens with one attached hydrogen (secondary N) is 4. The molecule has 0 unspecified atom stereocenters. The van der Waals surface area contributed by atoms with Gasteiger partial charge in [-0.05, 0) is 120 Å². The molecule has 436 valence electrons. The first kappa shape index (κ1) is 65.8. The summed E-state index contributed by atoms with van der Waals surface area (Å²) in [4.78, 5) is 47.1. The highest BCUT2D eigenvalue weighted by Gasteiger charge is 2.37. The summed E-state index contributed by atoms with van der Waals surface area (Å²) in [5.41, 5.74) is 9.97. The Morgan fingerprint density at radius 3 is 1.23 bits per heavy atom. The Balaban J connectivity index is 0.000000336. The second-order valence-electron chi connectivity index (χ2n) is 23.7. The fraction of sp³-hybridized carbons (Fsp3) is 0.548. The predicted molar refractivity (Wildman–Crippen MR) is 301 cm³/mol. The number of hydrogen-bond donors (Lipinski definition) is 9. The van der Waals surface area contributed by atoms with Gasteiger partial charge in [0.2, 0.25) is 17.7 Å². The van der Waals surface area contributed by atoms with Crippen LogP contribution >= 0.6 is 0 Å². The SMILES string of the molecule is CC(C)(C)c1cccc(C2(NC[C@@H](O)[C@H](Cc3cc(F)cc(F)c3)NC(=O)CCCC(=O)O)CCCCC2)c1.CC(C)(C)c1cccc(C2(NC[C@@H](O)[C@H](Cc3cc(F)cc(F)c3)NC(=O)CCCC(N)=O)CCCCC2)c1.N. The van der Waals surface area contributed by atoms with Crippen LogP contribution in [0, 0.1) is 23.3 Å². The maximum absolute atomic E-state index is 13.9. The minimum atomic E-state index is -1.05. The molecule has 3 amide bonds. The zero-order valence-corrected chi connectivity index (χ0v) is 47.3. The lowest BCUT2D eigenvalue weighted by Crippen LogP contribution is -2.53. The first-order valence-corrected chi connectivity index (χ1v) is 27.8. The van der Waals surface area contributed by atoms with Crippen LogP contribution in [0.3, 0.4) is 0 Å². The molecule has 13 nitrogen and oxygen atoms in total. The smallest absolute Gasteiger partial charge is 0.303 e. The molecule has 17 heteroatoms. The molecular weight excluding hydrogens is 1020 g/mol. The third kappa shape index (κ3) is 21.0. The number of carbonyl (C=O) groups is 4. The fourth-order valence-electron chi connectivity index (χ4n) is 10.8. The summed E-state index contributed by atoms with van der Waals surface area (Å²) >= 11 is 0. The highest BCUT2D eigenvalue weighted by Crippen LogP contribution is 2.40. The number of benzene rings is 4. The van der Waals surface area contributed by atoms with Gasteiger partial charge in [0, 0.05) is 62.0 Å². The molecule has 2 aliphatic carbocycles. The van der Waals surface area contributed by atoms with E-state index in [1.807, 2.05) is 0 Å². The molecule has 0 aromatic heterocycles. The van der Waals surface area contributed by atoms with E-state index in [0.717, 1.165) is 76.3 Å². The van der Waals surface area contributed by atoms with Gasteiger partial charge >= 0.3 is 5.97 Å². The van der Waals surface area contributed by atoms with Gasteiger partial charge in [0.25, 0.3) is 0 Å². The number of nitrogens with two attached hydrogens (primary N) is 1. The van der Waals surface area contributed by atoms with Crippen LogP contribution in [0.5, 0.6) is 0 Å². The van der Waals surface area contributed by atoms with Crippen molar-refractivity contribution in [2.45, 2.75) is 203 Å². The molecule has 0 saturated heterocycles. The number of carboxylic acids is 1. The monoisotopic (exact) mass is 1100 g/mol. The van der Waals surface area contributed by atoms with Crippen LogP contribution in [0.25, 0.3) is 0 Å². The number of primary amides is 1. The molecule has 12 N–H and O–H groups in total. The van der Waals surface area contributed by atoms with E-state index in [1.165, 1.54) is 46.5 Å². The van der Waals surface area contributed by atoms with Crippen molar-refractivity contribution in [3.8, 4) is 0 Å². The van der Waals surface area contributed by atoms with E-state index < -0.39 is 65.3 Å². The zero-order chi connectivity index (χ0) is 57.3. The molecule has 0 heterocycles. The zero-order valence-electron chi connectivity index (χ0n) is 47.3. The van der Waals surface area contributed by atoms with Crippen molar-refractivity contribution < 1.29 is 52.1 Å². The maximum Gasteiger partial charge on any atom is 0.303 e. The van der Waals surface area contributed by atoms with Crippen molar-refractivity contribution in [3.63, 3.8) is 0 Å². The van der Waals surface area contributed by atoms with Gasteiger partial charge in [-0.25, -0.2) is 17.6 Å². The van der Waals surface area contributed by atoms with Crippen LogP contribution in [-0.2, 0) is 53.9 Å². The second kappa shape index (κ2) is 30.2. The lowest BCUT2D eigenvalue weighted by Gasteiger charge is -2.41.